The van der Waals surface area contributed by atoms with Crippen molar-refractivity contribution in [3.8, 4) is 5.75 Å². The summed E-state index contributed by atoms with van der Waals surface area (Å²) in [5.41, 5.74) is 0. The number of nitrogens with zero attached hydrogens (tertiary/aromatic N) is 4. The number of halogens is 1. The molecule has 0 atom stereocenters. The number of anilines is 1. The Balaban J connectivity index is 1.28. The molecule has 2 aromatic rings. The molecule has 2 aliphatic rings. The summed E-state index contributed by atoms with van der Waals surface area (Å²) >= 11 is 3.38. The highest BCUT2D eigenvalue weighted by Crippen LogP contribution is 2.38. The minimum absolute atomic E-state index is 0.0222. The van der Waals surface area contributed by atoms with Crippen molar-refractivity contribution < 1.29 is 9.53 Å². The van der Waals surface area contributed by atoms with Gasteiger partial charge in [-0.2, -0.15) is 0 Å². The lowest BCUT2D eigenvalue weighted by atomic mass is 10.3. The highest BCUT2D eigenvalue weighted by atomic mass is 79.9. The zero-order chi connectivity index (χ0) is 17.9. The van der Waals surface area contributed by atoms with Crippen molar-refractivity contribution in [1.29, 1.82) is 0 Å². The van der Waals surface area contributed by atoms with Gasteiger partial charge in [0.2, 0.25) is 0 Å². The molecule has 7 heteroatoms. The van der Waals surface area contributed by atoms with Crippen molar-refractivity contribution in [2.24, 2.45) is 0 Å². The standard InChI is InChI=1S/C19H21BrN4O2/c20-15-3-5-16(6-4-15)26-13-18(25)24-11-9-23(10-12-24)17-7-8-21-19(22-17)14-1-2-14/h3-8,14H,1-2,9-13H2. The molecule has 1 saturated carbocycles. The lowest BCUT2D eigenvalue weighted by Crippen LogP contribution is -2.50. The van der Waals surface area contributed by atoms with E-state index in [0.29, 0.717) is 24.8 Å². The highest BCUT2D eigenvalue weighted by Gasteiger charge is 2.28. The van der Waals surface area contributed by atoms with Gasteiger partial charge in [0, 0.05) is 42.8 Å². The molecule has 6 nitrogen and oxygen atoms in total. The number of hydrogen-bond donors (Lipinski definition) is 0. The minimum Gasteiger partial charge on any atom is -0.484 e. The second kappa shape index (κ2) is 7.61. The average Bonchev–Trinajstić information content (AvgIpc) is 3.53. The summed E-state index contributed by atoms with van der Waals surface area (Å²) in [6.07, 6.45) is 4.24. The first-order valence-corrected chi connectivity index (χ1v) is 9.72. The van der Waals surface area contributed by atoms with Gasteiger partial charge in [0.1, 0.15) is 17.4 Å². The van der Waals surface area contributed by atoms with E-state index in [-0.39, 0.29) is 12.5 Å². The lowest BCUT2D eigenvalue weighted by Gasteiger charge is -2.35. The third kappa shape index (κ3) is 4.15. The molecule has 0 bridgehead atoms. The Morgan fingerprint density at radius 1 is 1.12 bits per heavy atom. The molecule has 0 radical (unpaired) electrons. The van der Waals surface area contributed by atoms with E-state index < -0.39 is 0 Å². The first kappa shape index (κ1) is 17.3. The Morgan fingerprint density at radius 3 is 2.54 bits per heavy atom. The molecule has 1 saturated heterocycles. The number of benzene rings is 1. The SMILES string of the molecule is O=C(COc1ccc(Br)cc1)N1CCN(c2ccnc(C3CC3)n2)CC1. The number of rotatable bonds is 5. The Morgan fingerprint density at radius 2 is 1.85 bits per heavy atom. The topological polar surface area (TPSA) is 58.6 Å². The number of carbonyl (C=O) groups excluding carboxylic acids is 1. The number of hydrogen-bond acceptors (Lipinski definition) is 5. The summed E-state index contributed by atoms with van der Waals surface area (Å²) in [4.78, 5) is 25.5. The maximum Gasteiger partial charge on any atom is 0.260 e. The van der Waals surface area contributed by atoms with Gasteiger partial charge < -0.3 is 14.5 Å². The molecule has 1 aliphatic carbocycles. The largest absolute Gasteiger partial charge is 0.484 e. The van der Waals surface area contributed by atoms with Crippen LogP contribution in [-0.4, -0.2) is 53.6 Å². The smallest absolute Gasteiger partial charge is 0.260 e. The van der Waals surface area contributed by atoms with Gasteiger partial charge in [-0.1, -0.05) is 15.9 Å². The molecule has 1 amide bonds. The van der Waals surface area contributed by atoms with Crippen molar-refractivity contribution in [2.45, 2.75) is 18.8 Å². The van der Waals surface area contributed by atoms with Gasteiger partial charge in [-0.05, 0) is 43.2 Å². The second-order valence-electron chi connectivity index (χ2n) is 6.66. The summed E-state index contributed by atoms with van der Waals surface area (Å²) < 4.78 is 6.58. The molecule has 2 heterocycles. The fourth-order valence-corrected chi connectivity index (χ4v) is 3.29. The van der Waals surface area contributed by atoms with Crippen molar-refractivity contribution in [3.63, 3.8) is 0 Å². The number of piperazine rings is 1. The summed E-state index contributed by atoms with van der Waals surface area (Å²) in [6, 6.07) is 9.45. The van der Waals surface area contributed by atoms with E-state index in [2.05, 4.69) is 25.8 Å². The third-order valence-corrected chi connectivity index (χ3v) is 5.26. The van der Waals surface area contributed by atoms with Crippen LogP contribution in [0.25, 0.3) is 0 Å². The Labute approximate surface area is 161 Å². The molecule has 4 rings (SSSR count). The maximum atomic E-state index is 12.4. The van der Waals surface area contributed by atoms with Gasteiger partial charge in [-0.25, -0.2) is 9.97 Å². The molecule has 136 valence electrons. The number of ether oxygens (including phenoxy) is 1. The average molecular weight is 417 g/mol. The van der Waals surface area contributed by atoms with Crippen LogP contribution < -0.4 is 9.64 Å². The Hall–Kier alpha value is -2.15. The van der Waals surface area contributed by atoms with Crippen LogP contribution in [0.3, 0.4) is 0 Å². The van der Waals surface area contributed by atoms with E-state index in [0.717, 1.165) is 29.2 Å². The van der Waals surface area contributed by atoms with E-state index in [9.17, 15) is 4.79 Å². The third-order valence-electron chi connectivity index (χ3n) is 4.73. The monoisotopic (exact) mass is 416 g/mol. The normalized spacial score (nSPS) is 17.3. The minimum atomic E-state index is 0.0222. The highest BCUT2D eigenvalue weighted by molar-refractivity contribution is 9.10. The molecule has 0 spiro atoms. The maximum absolute atomic E-state index is 12.4. The summed E-state index contributed by atoms with van der Waals surface area (Å²) in [5.74, 6) is 3.21. The second-order valence-corrected chi connectivity index (χ2v) is 7.57. The molecule has 26 heavy (non-hydrogen) atoms. The predicted molar refractivity (Wildman–Crippen MR) is 102 cm³/mol. The summed E-state index contributed by atoms with van der Waals surface area (Å²) in [5, 5.41) is 0. The summed E-state index contributed by atoms with van der Waals surface area (Å²) in [7, 11) is 0. The predicted octanol–water partition coefficient (Wildman–Crippen LogP) is 2.84. The van der Waals surface area contributed by atoms with Crippen molar-refractivity contribution in [3.05, 3.63) is 46.8 Å². The number of amides is 1. The first-order chi connectivity index (χ1) is 12.7. The van der Waals surface area contributed by atoms with Crippen LogP contribution >= 0.6 is 15.9 Å². The molecule has 0 N–H and O–H groups in total. The molecule has 1 aromatic carbocycles. The fourth-order valence-electron chi connectivity index (χ4n) is 3.03. The zero-order valence-corrected chi connectivity index (χ0v) is 16.1. The van der Waals surface area contributed by atoms with E-state index in [1.165, 1.54) is 12.8 Å². The van der Waals surface area contributed by atoms with E-state index in [1.54, 1.807) is 0 Å². The number of carbonyl (C=O) groups is 1. The first-order valence-electron chi connectivity index (χ1n) is 8.93. The molecule has 1 aliphatic heterocycles. The molecule has 0 unspecified atom stereocenters. The Bertz CT molecular complexity index is 771. The van der Waals surface area contributed by atoms with E-state index in [4.69, 9.17) is 9.72 Å². The quantitative estimate of drug-likeness (QED) is 0.749. The van der Waals surface area contributed by atoms with Crippen LogP contribution in [-0.2, 0) is 4.79 Å². The van der Waals surface area contributed by atoms with Gasteiger partial charge in [0.05, 0.1) is 0 Å². The zero-order valence-electron chi connectivity index (χ0n) is 14.5. The van der Waals surface area contributed by atoms with Gasteiger partial charge in [0.15, 0.2) is 6.61 Å². The lowest BCUT2D eigenvalue weighted by molar-refractivity contribution is -0.133. The van der Waals surface area contributed by atoms with Gasteiger partial charge in [0.25, 0.3) is 5.91 Å². The Kier molecular flexibility index (Phi) is 5.06. The van der Waals surface area contributed by atoms with Crippen LogP contribution in [0.5, 0.6) is 5.75 Å². The summed E-state index contributed by atoms with van der Waals surface area (Å²) in [6.45, 7) is 3.01. The van der Waals surface area contributed by atoms with Crippen molar-refractivity contribution in [1.82, 2.24) is 14.9 Å². The van der Waals surface area contributed by atoms with Gasteiger partial charge >= 0.3 is 0 Å². The van der Waals surface area contributed by atoms with Crippen LogP contribution in [0, 0.1) is 0 Å². The van der Waals surface area contributed by atoms with Crippen LogP contribution in [0.2, 0.25) is 0 Å². The van der Waals surface area contributed by atoms with Crippen molar-refractivity contribution >= 4 is 27.7 Å². The van der Waals surface area contributed by atoms with Gasteiger partial charge in [-0.15, -0.1) is 0 Å². The molecule has 2 fully saturated rings. The van der Waals surface area contributed by atoms with Crippen LogP contribution in [0.1, 0.15) is 24.6 Å². The molecular weight excluding hydrogens is 396 g/mol. The van der Waals surface area contributed by atoms with Crippen LogP contribution in [0.15, 0.2) is 41.0 Å². The van der Waals surface area contributed by atoms with Gasteiger partial charge in [-0.3, -0.25) is 4.79 Å². The molecule has 1 aromatic heterocycles. The molecular formula is C19H21BrN4O2. The number of aromatic nitrogens is 2. The van der Waals surface area contributed by atoms with E-state index in [1.807, 2.05) is 41.4 Å². The fraction of sp³-hybridized carbons (Fsp3) is 0.421. The van der Waals surface area contributed by atoms with Crippen molar-refractivity contribution in [2.75, 3.05) is 37.7 Å². The van der Waals surface area contributed by atoms with Crippen LogP contribution in [0.4, 0.5) is 5.82 Å². The van der Waals surface area contributed by atoms with E-state index >= 15 is 0 Å².